The van der Waals surface area contributed by atoms with Gasteiger partial charge < -0.3 is 15.4 Å². The summed E-state index contributed by atoms with van der Waals surface area (Å²) >= 11 is 1.48. The average molecular weight is 565 g/mol. The molecule has 1 aromatic carbocycles. The van der Waals surface area contributed by atoms with Gasteiger partial charge in [-0.3, -0.25) is 19.5 Å². The van der Waals surface area contributed by atoms with E-state index in [0.29, 0.717) is 24.2 Å². The fourth-order valence-corrected chi connectivity index (χ4v) is 6.16. The molecule has 2 N–H and O–H groups in total. The second-order valence-corrected chi connectivity index (χ2v) is 11.6. The van der Waals surface area contributed by atoms with Crippen molar-refractivity contribution >= 4 is 30.3 Å². The van der Waals surface area contributed by atoms with Crippen molar-refractivity contribution in [3.63, 3.8) is 0 Å². The Hall–Kier alpha value is -2.30. The van der Waals surface area contributed by atoms with E-state index in [1.165, 1.54) is 50.3 Å². The highest BCUT2D eigenvalue weighted by Crippen LogP contribution is 2.31. The summed E-state index contributed by atoms with van der Waals surface area (Å²) < 4.78 is 30.5. The highest BCUT2D eigenvalue weighted by atomic mass is 32.2. The quantitative estimate of drug-likeness (QED) is 0.212. The zero-order valence-electron chi connectivity index (χ0n) is 23.2. The zero-order chi connectivity index (χ0) is 28.4. The molecule has 4 rings (SSSR count). The topological polar surface area (TPSA) is 88.2 Å². The van der Waals surface area contributed by atoms with Gasteiger partial charge in [0, 0.05) is 49.1 Å². The first-order chi connectivity index (χ1) is 18.6. The monoisotopic (exact) mass is 564 g/mol. The Labute approximate surface area is 235 Å². The SMILES string of the molecule is C=NC1=C(SCOCC(C)(F)F)CCN(CCC2CCCCC2)C1.CCN1Cc2c(C(N)=O)cccc2C1=O. The summed E-state index contributed by atoms with van der Waals surface area (Å²) in [6, 6.07) is 5.09. The lowest BCUT2D eigenvalue weighted by Gasteiger charge is -2.31. The standard InChI is InChI=1S/C18H30F2N2OS.C11H12N2O2/c1-18(19,20)13-23-14-24-17-9-11-22(12-16(17)21-2)10-8-15-6-4-3-5-7-15;1-2-13-6-9-7(10(12)14)4-3-5-8(9)11(13)15/h15H,2-14H2,1H3;3-5H,2,6H2,1H3,(H2,12,14). The molecule has 2 heterocycles. The minimum absolute atomic E-state index is 0.0180. The molecule has 0 radical (unpaired) electrons. The fraction of sp³-hybridized carbons (Fsp3) is 0.621. The van der Waals surface area contributed by atoms with E-state index in [1.807, 2.05) is 6.92 Å². The van der Waals surface area contributed by atoms with E-state index in [0.717, 1.165) is 55.1 Å². The van der Waals surface area contributed by atoms with Gasteiger partial charge in [-0.05, 0) is 56.6 Å². The van der Waals surface area contributed by atoms with Crippen LogP contribution in [0.1, 0.15) is 85.1 Å². The second kappa shape index (κ2) is 14.9. The summed E-state index contributed by atoms with van der Waals surface area (Å²) in [5, 5.41) is 0. The van der Waals surface area contributed by atoms with Gasteiger partial charge >= 0.3 is 0 Å². The van der Waals surface area contributed by atoms with E-state index in [9.17, 15) is 18.4 Å². The number of hydrogen-bond acceptors (Lipinski definition) is 6. The number of hydrogen-bond donors (Lipinski definition) is 1. The van der Waals surface area contributed by atoms with Crippen molar-refractivity contribution in [3.05, 3.63) is 45.5 Å². The fourth-order valence-electron chi connectivity index (χ4n) is 5.32. The number of halogens is 2. The molecular weight excluding hydrogens is 522 g/mol. The van der Waals surface area contributed by atoms with Crippen molar-refractivity contribution < 1.29 is 23.1 Å². The number of aliphatic imine (C=N–C) groups is 1. The zero-order valence-corrected chi connectivity index (χ0v) is 24.0. The molecule has 1 fully saturated rings. The molecule has 7 nitrogen and oxygen atoms in total. The maximum Gasteiger partial charge on any atom is 0.268 e. The number of thioether (sulfide) groups is 1. The van der Waals surface area contributed by atoms with Crippen LogP contribution in [0.15, 0.2) is 33.8 Å². The molecule has 0 bridgehead atoms. The summed E-state index contributed by atoms with van der Waals surface area (Å²) in [7, 11) is 0. The van der Waals surface area contributed by atoms with Crippen LogP contribution in [0.3, 0.4) is 0 Å². The third-order valence-electron chi connectivity index (χ3n) is 7.48. The van der Waals surface area contributed by atoms with Gasteiger partial charge in [-0.25, -0.2) is 8.78 Å². The smallest absolute Gasteiger partial charge is 0.268 e. The number of benzene rings is 1. The van der Waals surface area contributed by atoms with Crippen molar-refractivity contribution in [3.8, 4) is 0 Å². The van der Waals surface area contributed by atoms with E-state index in [4.69, 9.17) is 10.5 Å². The summed E-state index contributed by atoms with van der Waals surface area (Å²) in [6.45, 7) is 10.0. The minimum Gasteiger partial charge on any atom is -0.366 e. The van der Waals surface area contributed by atoms with Crippen molar-refractivity contribution in [2.45, 2.75) is 71.3 Å². The normalized spacial score (nSPS) is 18.6. The van der Waals surface area contributed by atoms with Crippen LogP contribution in [0, 0.1) is 5.92 Å². The Bertz CT molecular complexity index is 1040. The number of carbonyl (C=O) groups excluding carboxylic acids is 2. The van der Waals surface area contributed by atoms with E-state index in [1.54, 1.807) is 23.1 Å². The molecule has 39 heavy (non-hydrogen) atoms. The molecule has 0 atom stereocenters. The van der Waals surface area contributed by atoms with Crippen LogP contribution in [0.2, 0.25) is 0 Å². The summed E-state index contributed by atoms with van der Waals surface area (Å²) in [4.78, 5) is 32.4. The lowest BCUT2D eigenvalue weighted by atomic mass is 9.87. The Morgan fingerprint density at radius 1 is 1.26 bits per heavy atom. The van der Waals surface area contributed by atoms with Crippen molar-refractivity contribution in [1.82, 2.24) is 9.80 Å². The predicted molar refractivity (Wildman–Crippen MR) is 153 cm³/mol. The molecule has 0 unspecified atom stereocenters. The molecule has 10 heteroatoms. The van der Waals surface area contributed by atoms with E-state index < -0.39 is 18.4 Å². The number of nitrogens with zero attached hydrogens (tertiary/aromatic N) is 3. The Morgan fingerprint density at radius 3 is 2.64 bits per heavy atom. The first-order valence-electron chi connectivity index (χ1n) is 13.8. The number of amides is 2. The van der Waals surface area contributed by atoms with Crippen LogP contribution >= 0.6 is 11.8 Å². The van der Waals surface area contributed by atoms with Gasteiger partial charge in [0.15, 0.2) is 0 Å². The molecule has 2 aliphatic heterocycles. The lowest BCUT2D eigenvalue weighted by molar-refractivity contribution is -0.0514. The molecule has 1 aliphatic carbocycles. The number of rotatable bonds is 11. The van der Waals surface area contributed by atoms with Crippen LogP contribution < -0.4 is 5.73 Å². The molecule has 1 aromatic rings. The van der Waals surface area contributed by atoms with Gasteiger partial charge in [0.05, 0.1) is 11.6 Å². The summed E-state index contributed by atoms with van der Waals surface area (Å²) in [6.07, 6.45) is 9.15. The number of fused-ring (bicyclic) bond motifs is 1. The maximum absolute atomic E-state index is 12.7. The van der Waals surface area contributed by atoms with E-state index in [2.05, 4.69) is 16.6 Å². The number of ether oxygens (including phenoxy) is 1. The van der Waals surface area contributed by atoms with Crippen molar-refractivity contribution in [2.75, 3.05) is 38.7 Å². The molecule has 0 aromatic heterocycles. The summed E-state index contributed by atoms with van der Waals surface area (Å²) in [5.74, 6) is -2.12. The van der Waals surface area contributed by atoms with Gasteiger partial charge in [-0.2, -0.15) is 0 Å². The van der Waals surface area contributed by atoms with Crippen LogP contribution in [-0.2, 0) is 11.3 Å². The first kappa shape index (κ1) is 31.2. The van der Waals surface area contributed by atoms with Crippen molar-refractivity contribution in [1.29, 1.82) is 0 Å². The highest BCUT2D eigenvalue weighted by molar-refractivity contribution is 8.02. The van der Waals surface area contributed by atoms with Crippen LogP contribution in [0.25, 0.3) is 0 Å². The second-order valence-electron chi connectivity index (χ2n) is 10.5. The van der Waals surface area contributed by atoms with Crippen LogP contribution in [0.4, 0.5) is 8.78 Å². The van der Waals surface area contributed by atoms with E-state index in [-0.39, 0.29) is 11.8 Å². The Kier molecular flexibility index (Phi) is 11.9. The number of carbonyl (C=O) groups is 2. The largest absolute Gasteiger partial charge is 0.366 e. The number of primary amides is 1. The van der Waals surface area contributed by atoms with Gasteiger partial charge in [-0.1, -0.05) is 38.2 Å². The Morgan fingerprint density at radius 2 is 2.00 bits per heavy atom. The highest BCUT2D eigenvalue weighted by Gasteiger charge is 2.29. The van der Waals surface area contributed by atoms with Crippen molar-refractivity contribution in [2.24, 2.45) is 16.6 Å². The molecule has 0 saturated heterocycles. The molecule has 2 amide bonds. The molecular formula is C29H42F2N4O3S. The van der Waals surface area contributed by atoms with E-state index >= 15 is 0 Å². The van der Waals surface area contributed by atoms with Crippen LogP contribution in [0.5, 0.6) is 0 Å². The third-order valence-corrected chi connectivity index (χ3v) is 8.55. The van der Waals surface area contributed by atoms with Gasteiger partial charge in [-0.15, -0.1) is 11.8 Å². The molecule has 3 aliphatic rings. The summed E-state index contributed by atoms with van der Waals surface area (Å²) in [5.41, 5.74) is 8.06. The third kappa shape index (κ3) is 9.39. The molecule has 1 saturated carbocycles. The minimum atomic E-state index is -2.77. The Balaban J connectivity index is 0.000000239. The molecule has 0 spiro atoms. The number of alkyl halides is 2. The maximum atomic E-state index is 12.7. The van der Waals surface area contributed by atoms with Gasteiger partial charge in [0.2, 0.25) is 5.91 Å². The number of nitrogens with two attached hydrogens (primary N) is 1. The first-order valence-corrected chi connectivity index (χ1v) is 14.8. The molecule has 216 valence electrons. The van der Waals surface area contributed by atoms with Gasteiger partial charge in [0.1, 0.15) is 6.61 Å². The lowest BCUT2D eigenvalue weighted by Crippen LogP contribution is -2.33. The predicted octanol–water partition coefficient (Wildman–Crippen LogP) is 5.70. The van der Waals surface area contributed by atoms with Crippen LogP contribution in [-0.4, -0.2) is 73.0 Å². The van der Waals surface area contributed by atoms with Gasteiger partial charge in [0.25, 0.3) is 11.8 Å². The average Bonchev–Trinajstić information content (AvgIpc) is 3.26.